The van der Waals surface area contributed by atoms with E-state index in [9.17, 15) is 28.1 Å². The van der Waals surface area contributed by atoms with Crippen molar-refractivity contribution in [2.45, 2.75) is 39.4 Å². The van der Waals surface area contributed by atoms with Crippen LogP contribution in [0.5, 0.6) is 0 Å². The maximum Gasteiger partial charge on any atom is 0.416 e. The number of carbonyl (C=O) groups is 1. The van der Waals surface area contributed by atoms with Crippen LogP contribution in [-0.4, -0.2) is 52.5 Å². The fourth-order valence-corrected chi connectivity index (χ4v) is 4.65. The molecule has 1 amide bonds. The van der Waals surface area contributed by atoms with Gasteiger partial charge in [0.15, 0.2) is 0 Å². The van der Waals surface area contributed by atoms with Crippen molar-refractivity contribution in [1.29, 1.82) is 0 Å². The van der Waals surface area contributed by atoms with E-state index in [1.807, 2.05) is 25.1 Å². The first-order chi connectivity index (χ1) is 18.4. The lowest BCUT2D eigenvalue weighted by Gasteiger charge is -2.27. The number of aromatic nitrogens is 2. The summed E-state index contributed by atoms with van der Waals surface area (Å²) in [7, 11) is 1.48. The van der Waals surface area contributed by atoms with Crippen molar-refractivity contribution in [3.8, 4) is 0 Å². The van der Waals surface area contributed by atoms with Gasteiger partial charge in [-0.25, -0.2) is 9.97 Å². The zero-order chi connectivity index (χ0) is 28.5. The first-order valence-electron chi connectivity index (χ1n) is 12.3. The van der Waals surface area contributed by atoms with E-state index in [0.29, 0.717) is 48.1 Å². The van der Waals surface area contributed by atoms with Gasteiger partial charge in [0, 0.05) is 37.7 Å². The Hall–Kier alpha value is -4.06. The summed E-state index contributed by atoms with van der Waals surface area (Å²) in [5.74, 6) is 0.783. The number of amides is 1. The maximum atomic E-state index is 13.4. The number of nitro groups is 1. The molecule has 2 heterocycles. The molecule has 0 fully saturated rings. The first kappa shape index (κ1) is 28.0. The van der Waals surface area contributed by atoms with E-state index >= 15 is 0 Å². The standard InChI is InChI=1S/C27H28F3N5O4/c1-15-9-24-23(13-22(15)18-5-7-34(8-6-18)25(36)14-39-4)26(33-17(3)32-24)31-16(2)19-10-20(27(28,29)30)12-21(11-19)35(37)38/h5,9-13,16H,6-8,14H2,1-4H3,(H,31,32,33)/t16-/m1/s1. The number of nitro benzene ring substituents is 1. The Bertz CT molecular complexity index is 1470. The molecule has 0 bridgehead atoms. The van der Waals surface area contributed by atoms with Crippen LogP contribution >= 0.6 is 0 Å². The van der Waals surface area contributed by atoms with Gasteiger partial charge in [-0.2, -0.15) is 13.2 Å². The molecule has 1 aromatic heterocycles. The fourth-order valence-electron chi connectivity index (χ4n) is 4.65. The summed E-state index contributed by atoms with van der Waals surface area (Å²) in [6.07, 6.45) is -2.10. The topological polar surface area (TPSA) is 110 Å². The van der Waals surface area contributed by atoms with Crippen LogP contribution in [0.2, 0.25) is 0 Å². The maximum absolute atomic E-state index is 13.4. The Labute approximate surface area is 222 Å². The van der Waals surface area contributed by atoms with Crippen LogP contribution in [0, 0.1) is 24.0 Å². The SMILES string of the molecule is COCC(=O)N1CC=C(c2cc3c(N[C@H](C)c4cc([N+](=O)[O-])cc(C(F)(F)F)c4)nc(C)nc3cc2C)CC1. The second kappa shape index (κ2) is 11.0. The second-order valence-electron chi connectivity index (χ2n) is 9.49. The molecular formula is C27H28F3N5O4. The summed E-state index contributed by atoms with van der Waals surface area (Å²) in [5, 5.41) is 15.1. The highest BCUT2D eigenvalue weighted by atomic mass is 19.4. The molecule has 1 N–H and O–H groups in total. The second-order valence-corrected chi connectivity index (χ2v) is 9.49. The first-order valence-corrected chi connectivity index (χ1v) is 12.3. The molecule has 0 saturated carbocycles. The average molecular weight is 544 g/mol. The van der Waals surface area contributed by atoms with Gasteiger partial charge in [-0.1, -0.05) is 6.08 Å². The Morgan fingerprint density at radius 1 is 1.21 bits per heavy atom. The molecule has 3 aromatic rings. The van der Waals surface area contributed by atoms with Crippen molar-refractivity contribution >= 4 is 33.9 Å². The summed E-state index contributed by atoms with van der Waals surface area (Å²) >= 11 is 0. The van der Waals surface area contributed by atoms with E-state index in [-0.39, 0.29) is 18.1 Å². The van der Waals surface area contributed by atoms with Crippen molar-refractivity contribution in [2.75, 3.05) is 32.1 Å². The summed E-state index contributed by atoms with van der Waals surface area (Å²) in [6, 6.07) is 5.68. The molecule has 0 spiro atoms. The minimum absolute atomic E-state index is 0.0249. The molecule has 9 nitrogen and oxygen atoms in total. The molecule has 2 aromatic carbocycles. The number of ether oxygens (including phenoxy) is 1. The number of fused-ring (bicyclic) bond motifs is 1. The van der Waals surface area contributed by atoms with Crippen LogP contribution in [-0.2, 0) is 15.7 Å². The Morgan fingerprint density at radius 2 is 1.95 bits per heavy atom. The van der Waals surface area contributed by atoms with Crippen LogP contribution in [0.4, 0.5) is 24.7 Å². The van der Waals surface area contributed by atoms with Crippen molar-refractivity contribution in [2.24, 2.45) is 0 Å². The molecule has 1 atom stereocenters. The quantitative estimate of drug-likeness (QED) is 0.305. The van der Waals surface area contributed by atoms with Gasteiger partial charge in [0.25, 0.3) is 5.69 Å². The highest BCUT2D eigenvalue weighted by Crippen LogP contribution is 2.36. The van der Waals surface area contributed by atoms with E-state index in [4.69, 9.17) is 4.74 Å². The highest BCUT2D eigenvalue weighted by Gasteiger charge is 2.33. The van der Waals surface area contributed by atoms with Crippen molar-refractivity contribution in [3.05, 3.63) is 74.6 Å². The van der Waals surface area contributed by atoms with Gasteiger partial charge in [-0.05, 0) is 67.7 Å². The van der Waals surface area contributed by atoms with Crippen LogP contribution < -0.4 is 5.32 Å². The van der Waals surface area contributed by atoms with Crippen LogP contribution in [0.3, 0.4) is 0 Å². The zero-order valence-corrected chi connectivity index (χ0v) is 21.9. The molecule has 0 radical (unpaired) electrons. The number of aryl methyl sites for hydroxylation is 2. The number of anilines is 1. The smallest absolute Gasteiger partial charge is 0.375 e. The van der Waals surface area contributed by atoms with Gasteiger partial charge < -0.3 is 15.0 Å². The minimum Gasteiger partial charge on any atom is -0.375 e. The number of alkyl halides is 3. The van der Waals surface area contributed by atoms with E-state index in [0.717, 1.165) is 28.8 Å². The third-order valence-corrected chi connectivity index (χ3v) is 6.66. The molecule has 0 saturated heterocycles. The summed E-state index contributed by atoms with van der Waals surface area (Å²) < 4.78 is 45.2. The van der Waals surface area contributed by atoms with E-state index in [2.05, 4.69) is 15.3 Å². The predicted octanol–water partition coefficient (Wildman–Crippen LogP) is 5.61. The third kappa shape index (κ3) is 6.17. The Balaban J connectivity index is 1.71. The Morgan fingerprint density at radius 3 is 2.56 bits per heavy atom. The number of nitrogens with zero attached hydrogens (tertiary/aromatic N) is 4. The number of halogens is 3. The number of nitrogens with one attached hydrogen (secondary N) is 1. The normalized spacial score (nSPS) is 14.7. The predicted molar refractivity (Wildman–Crippen MR) is 140 cm³/mol. The van der Waals surface area contributed by atoms with E-state index < -0.39 is 28.4 Å². The molecule has 39 heavy (non-hydrogen) atoms. The number of carbonyl (C=O) groups excluding carboxylic acids is 1. The summed E-state index contributed by atoms with van der Waals surface area (Å²) in [6.45, 7) is 6.32. The molecule has 206 valence electrons. The number of rotatable bonds is 7. The monoisotopic (exact) mass is 543 g/mol. The van der Waals surface area contributed by atoms with Crippen LogP contribution in [0.15, 0.2) is 36.4 Å². The number of benzene rings is 2. The molecule has 1 aliphatic rings. The Kier molecular flexibility index (Phi) is 7.86. The zero-order valence-electron chi connectivity index (χ0n) is 21.9. The van der Waals surface area contributed by atoms with Gasteiger partial charge in [-0.3, -0.25) is 14.9 Å². The van der Waals surface area contributed by atoms with Gasteiger partial charge in [0.05, 0.1) is 22.0 Å². The molecule has 1 aliphatic heterocycles. The van der Waals surface area contributed by atoms with E-state index in [1.165, 1.54) is 7.11 Å². The number of non-ortho nitro benzene ring substituents is 1. The third-order valence-electron chi connectivity index (χ3n) is 6.66. The molecule has 0 aliphatic carbocycles. The fraction of sp³-hybridized carbons (Fsp3) is 0.370. The minimum atomic E-state index is -4.73. The van der Waals surface area contributed by atoms with Crippen molar-refractivity contribution in [3.63, 3.8) is 0 Å². The summed E-state index contributed by atoms with van der Waals surface area (Å²) in [5.41, 5.74) is 2.02. The van der Waals surface area contributed by atoms with Crippen LogP contribution in [0.25, 0.3) is 16.5 Å². The molecular weight excluding hydrogens is 515 g/mol. The van der Waals surface area contributed by atoms with Crippen molar-refractivity contribution < 1.29 is 27.6 Å². The van der Waals surface area contributed by atoms with Gasteiger partial charge in [-0.15, -0.1) is 0 Å². The molecule has 12 heteroatoms. The lowest BCUT2D eigenvalue weighted by atomic mass is 9.93. The number of hydrogen-bond acceptors (Lipinski definition) is 7. The lowest BCUT2D eigenvalue weighted by Crippen LogP contribution is -2.36. The van der Waals surface area contributed by atoms with Gasteiger partial charge in [0.2, 0.25) is 5.91 Å². The average Bonchev–Trinajstić information content (AvgIpc) is 2.87. The summed E-state index contributed by atoms with van der Waals surface area (Å²) in [4.78, 5) is 33.4. The van der Waals surface area contributed by atoms with Gasteiger partial charge >= 0.3 is 6.18 Å². The molecule has 0 unspecified atom stereocenters. The molecule has 4 rings (SSSR count). The van der Waals surface area contributed by atoms with Crippen molar-refractivity contribution in [1.82, 2.24) is 14.9 Å². The largest absolute Gasteiger partial charge is 0.416 e. The van der Waals surface area contributed by atoms with E-state index in [1.54, 1.807) is 18.7 Å². The van der Waals surface area contributed by atoms with Crippen LogP contribution in [0.1, 0.15) is 47.5 Å². The highest BCUT2D eigenvalue weighted by molar-refractivity contribution is 5.93. The number of hydrogen-bond donors (Lipinski definition) is 1. The number of methoxy groups -OCH3 is 1. The van der Waals surface area contributed by atoms with Gasteiger partial charge in [0.1, 0.15) is 18.2 Å². The lowest BCUT2D eigenvalue weighted by molar-refractivity contribution is -0.385.